The molecule has 3 nitrogen and oxygen atoms in total. The summed E-state index contributed by atoms with van der Waals surface area (Å²) in [6.07, 6.45) is 6.17. The zero-order chi connectivity index (χ0) is 11.1. The highest BCUT2D eigenvalue weighted by molar-refractivity contribution is 5.35. The average molecular weight is 207 g/mol. The molecule has 3 heteroatoms. The molecule has 84 valence electrons. The maximum atomic E-state index is 4.23. The van der Waals surface area contributed by atoms with E-state index in [1.807, 2.05) is 0 Å². The predicted octanol–water partition coefficient (Wildman–Crippen LogP) is 3.03. The molecule has 0 aliphatic carbocycles. The number of anilines is 1. The van der Waals surface area contributed by atoms with Crippen molar-refractivity contribution in [3.63, 3.8) is 0 Å². The van der Waals surface area contributed by atoms with Gasteiger partial charge < -0.3 is 5.32 Å². The molecule has 1 unspecified atom stereocenters. The minimum Gasteiger partial charge on any atom is -0.368 e. The Morgan fingerprint density at radius 2 is 2.07 bits per heavy atom. The maximum Gasteiger partial charge on any atom is 0.129 e. The average Bonchev–Trinajstić information content (AvgIpc) is 2.19. The van der Waals surface area contributed by atoms with Gasteiger partial charge in [-0.1, -0.05) is 26.7 Å². The van der Waals surface area contributed by atoms with Crippen molar-refractivity contribution in [3.05, 3.63) is 18.1 Å². The summed E-state index contributed by atoms with van der Waals surface area (Å²) in [5.41, 5.74) is 1.12. The molecule has 1 aromatic heterocycles. The lowest BCUT2D eigenvalue weighted by Gasteiger charge is -2.13. The van der Waals surface area contributed by atoms with Gasteiger partial charge >= 0.3 is 0 Å². The minimum atomic E-state index is 0.486. The predicted molar refractivity (Wildman–Crippen MR) is 64.0 cm³/mol. The lowest BCUT2D eigenvalue weighted by Crippen LogP contribution is -2.15. The highest BCUT2D eigenvalue weighted by atomic mass is 15.0. The van der Waals surface area contributed by atoms with Gasteiger partial charge in [0.15, 0.2) is 0 Å². The molecule has 0 radical (unpaired) electrons. The number of hydrogen-bond donors (Lipinski definition) is 1. The number of hydrogen-bond acceptors (Lipinski definition) is 3. The SMILES string of the molecule is CCCc1cc(NC(C)CCC)ncn1. The highest BCUT2D eigenvalue weighted by Crippen LogP contribution is 2.09. The summed E-state index contributed by atoms with van der Waals surface area (Å²) in [4.78, 5) is 8.45. The Morgan fingerprint density at radius 3 is 2.73 bits per heavy atom. The van der Waals surface area contributed by atoms with E-state index in [-0.39, 0.29) is 0 Å². The molecule has 1 N–H and O–H groups in total. The van der Waals surface area contributed by atoms with Gasteiger partial charge in [-0.05, 0) is 19.8 Å². The Morgan fingerprint density at radius 1 is 1.27 bits per heavy atom. The van der Waals surface area contributed by atoms with Crippen LogP contribution >= 0.6 is 0 Å². The topological polar surface area (TPSA) is 37.8 Å². The summed E-state index contributed by atoms with van der Waals surface area (Å²) in [5, 5.41) is 3.39. The third-order valence-corrected chi connectivity index (χ3v) is 2.35. The Bertz CT molecular complexity index is 286. The van der Waals surface area contributed by atoms with E-state index in [1.165, 1.54) is 12.8 Å². The van der Waals surface area contributed by atoms with E-state index in [0.29, 0.717) is 6.04 Å². The van der Waals surface area contributed by atoms with Gasteiger partial charge in [0.2, 0.25) is 0 Å². The van der Waals surface area contributed by atoms with Crippen molar-refractivity contribution in [3.8, 4) is 0 Å². The van der Waals surface area contributed by atoms with E-state index >= 15 is 0 Å². The first-order chi connectivity index (χ1) is 7.26. The Labute approximate surface area is 92.3 Å². The Hall–Kier alpha value is -1.12. The molecule has 1 heterocycles. The van der Waals surface area contributed by atoms with Gasteiger partial charge in [0.05, 0.1) is 0 Å². The molecule has 1 atom stereocenters. The van der Waals surface area contributed by atoms with Gasteiger partial charge in [0.1, 0.15) is 12.1 Å². The quantitative estimate of drug-likeness (QED) is 0.779. The van der Waals surface area contributed by atoms with Crippen molar-refractivity contribution in [1.29, 1.82) is 0 Å². The molecule has 0 fully saturated rings. The van der Waals surface area contributed by atoms with Gasteiger partial charge in [-0.2, -0.15) is 0 Å². The molecule has 0 amide bonds. The van der Waals surface area contributed by atoms with E-state index in [4.69, 9.17) is 0 Å². The summed E-state index contributed by atoms with van der Waals surface area (Å²) in [6.45, 7) is 6.54. The first kappa shape index (κ1) is 12.0. The van der Waals surface area contributed by atoms with Crippen molar-refractivity contribution >= 4 is 5.82 Å². The number of aryl methyl sites for hydroxylation is 1. The summed E-state index contributed by atoms with van der Waals surface area (Å²) < 4.78 is 0. The van der Waals surface area contributed by atoms with Crippen molar-refractivity contribution in [2.75, 3.05) is 5.32 Å². The molecule has 0 spiro atoms. The van der Waals surface area contributed by atoms with E-state index in [0.717, 1.165) is 24.4 Å². The smallest absolute Gasteiger partial charge is 0.129 e. The number of nitrogens with zero attached hydrogens (tertiary/aromatic N) is 2. The maximum absolute atomic E-state index is 4.23. The summed E-state index contributed by atoms with van der Waals surface area (Å²) in [5.74, 6) is 0.953. The molecule has 0 saturated heterocycles. The van der Waals surface area contributed by atoms with E-state index in [1.54, 1.807) is 6.33 Å². The Balaban J connectivity index is 2.56. The van der Waals surface area contributed by atoms with Crippen LogP contribution in [0.5, 0.6) is 0 Å². The van der Waals surface area contributed by atoms with Crippen LogP contribution in [0, 0.1) is 0 Å². The lowest BCUT2D eigenvalue weighted by atomic mass is 10.2. The molecular weight excluding hydrogens is 186 g/mol. The van der Waals surface area contributed by atoms with E-state index in [2.05, 4.69) is 42.1 Å². The zero-order valence-electron chi connectivity index (χ0n) is 9.95. The third kappa shape index (κ3) is 4.28. The number of rotatable bonds is 6. The van der Waals surface area contributed by atoms with Crippen LogP contribution < -0.4 is 5.32 Å². The van der Waals surface area contributed by atoms with Crippen molar-refractivity contribution in [2.24, 2.45) is 0 Å². The first-order valence-corrected chi connectivity index (χ1v) is 5.83. The fourth-order valence-electron chi connectivity index (χ4n) is 1.63. The van der Waals surface area contributed by atoms with E-state index < -0.39 is 0 Å². The second-order valence-electron chi connectivity index (χ2n) is 3.98. The summed E-state index contributed by atoms with van der Waals surface area (Å²) >= 11 is 0. The van der Waals surface area contributed by atoms with Gasteiger partial charge in [0.25, 0.3) is 0 Å². The van der Waals surface area contributed by atoms with Gasteiger partial charge in [0, 0.05) is 17.8 Å². The second-order valence-corrected chi connectivity index (χ2v) is 3.98. The number of aromatic nitrogens is 2. The van der Waals surface area contributed by atoms with Gasteiger partial charge in [-0.15, -0.1) is 0 Å². The summed E-state index contributed by atoms with van der Waals surface area (Å²) in [7, 11) is 0. The third-order valence-electron chi connectivity index (χ3n) is 2.35. The molecule has 0 aliphatic heterocycles. The fraction of sp³-hybridized carbons (Fsp3) is 0.667. The second kappa shape index (κ2) is 6.38. The summed E-state index contributed by atoms with van der Waals surface area (Å²) in [6, 6.07) is 2.54. The molecular formula is C12H21N3. The normalized spacial score (nSPS) is 12.5. The van der Waals surface area contributed by atoms with Crippen LogP contribution in [0.3, 0.4) is 0 Å². The van der Waals surface area contributed by atoms with Crippen LogP contribution in [-0.4, -0.2) is 16.0 Å². The van der Waals surface area contributed by atoms with Crippen LogP contribution in [0.1, 0.15) is 45.7 Å². The van der Waals surface area contributed by atoms with Crippen molar-refractivity contribution in [2.45, 2.75) is 52.5 Å². The molecule has 0 aliphatic rings. The number of nitrogens with one attached hydrogen (secondary N) is 1. The standard InChI is InChI=1S/C12H21N3/c1-4-6-10(3)15-12-8-11(7-5-2)13-9-14-12/h8-10H,4-7H2,1-3H3,(H,13,14,15). The van der Waals surface area contributed by atoms with Crippen LogP contribution in [0.2, 0.25) is 0 Å². The van der Waals surface area contributed by atoms with Crippen molar-refractivity contribution < 1.29 is 0 Å². The van der Waals surface area contributed by atoms with Crippen LogP contribution in [-0.2, 0) is 6.42 Å². The highest BCUT2D eigenvalue weighted by Gasteiger charge is 2.02. The van der Waals surface area contributed by atoms with Crippen molar-refractivity contribution in [1.82, 2.24) is 9.97 Å². The minimum absolute atomic E-state index is 0.486. The Kier molecular flexibility index (Phi) is 5.08. The van der Waals surface area contributed by atoms with Gasteiger partial charge in [-0.3, -0.25) is 0 Å². The lowest BCUT2D eigenvalue weighted by molar-refractivity contribution is 0.686. The molecule has 1 aromatic rings. The van der Waals surface area contributed by atoms with Crippen LogP contribution in [0.15, 0.2) is 12.4 Å². The fourth-order valence-corrected chi connectivity index (χ4v) is 1.63. The molecule has 0 bridgehead atoms. The molecule has 1 rings (SSSR count). The molecule has 0 aromatic carbocycles. The largest absolute Gasteiger partial charge is 0.368 e. The zero-order valence-corrected chi connectivity index (χ0v) is 9.95. The van der Waals surface area contributed by atoms with Gasteiger partial charge in [-0.25, -0.2) is 9.97 Å². The van der Waals surface area contributed by atoms with Crippen LogP contribution in [0.4, 0.5) is 5.82 Å². The monoisotopic (exact) mass is 207 g/mol. The first-order valence-electron chi connectivity index (χ1n) is 5.83. The molecule has 15 heavy (non-hydrogen) atoms. The molecule has 0 saturated carbocycles. The van der Waals surface area contributed by atoms with E-state index in [9.17, 15) is 0 Å². The van der Waals surface area contributed by atoms with Crippen LogP contribution in [0.25, 0.3) is 0 Å².